The Hall–Kier alpha value is -0.760. The first-order valence-electron chi connectivity index (χ1n) is 5.14. The van der Waals surface area contributed by atoms with Crippen LogP contribution in [0.15, 0.2) is 23.9 Å². The first-order valence-corrected chi connectivity index (χ1v) is 5.14. The summed E-state index contributed by atoms with van der Waals surface area (Å²) in [5.74, 6) is 0.918. The molecule has 1 unspecified atom stereocenters. The molecule has 0 spiro atoms. The van der Waals surface area contributed by atoms with Crippen LogP contribution in [-0.2, 0) is 0 Å². The van der Waals surface area contributed by atoms with Gasteiger partial charge < -0.3 is 10.4 Å². The molecule has 2 N–H and O–H groups in total. The van der Waals surface area contributed by atoms with Gasteiger partial charge in [0.05, 0.1) is 6.10 Å². The quantitative estimate of drug-likeness (QED) is 0.686. The normalized spacial score (nSPS) is 23.6. The number of nitrogens with one attached hydrogen (secondary N) is 1. The Kier molecular flexibility index (Phi) is 2.69. The zero-order valence-corrected chi connectivity index (χ0v) is 7.87. The van der Waals surface area contributed by atoms with Crippen molar-refractivity contribution in [2.24, 2.45) is 5.92 Å². The fraction of sp³-hybridized carbons (Fsp3) is 0.636. The van der Waals surface area contributed by atoms with Crippen LogP contribution in [0, 0.1) is 5.92 Å². The second-order valence-corrected chi connectivity index (χ2v) is 3.98. The maximum Gasteiger partial charge on any atom is 0.0788 e. The van der Waals surface area contributed by atoms with E-state index >= 15 is 0 Å². The Morgan fingerprint density at radius 2 is 2.38 bits per heavy atom. The summed E-state index contributed by atoms with van der Waals surface area (Å²) < 4.78 is 0. The van der Waals surface area contributed by atoms with Gasteiger partial charge in [0.15, 0.2) is 0 Å². The largest absolute Gasteiger partial charge is 0.388 e. The van der Waals surface area contributed by atoms with Gasteiger partial charge in [-0.05, 0) is 36.6 Å². The number of rotatable bonds is 4. The lowest BCUT2D eigenvalue weighted by Gasteiger charge is -2.14. The molecule has 72 valence electrons. The van der Waals surface area contributed by atoms with E-state index in [0.29, 0.717) is 0 Å². The van der Waals surface area contributed by atoms with Gasteiger partial charge in [0.1, 0.15) is 0 Å². The lowest BCUT2D eigenvalue weighted by Crippen LogP contribution is -2.16. The van der Waals surface area contributed by atoms with Gasteiger partial charge in [-0.15, -0.1) is 0 Å². The number of aliphatic hydroxyl groups is 1. The van der Waals surface area contributed by atoms with Crippen molar-refractivity contribution in [2.45, 2.75) is 31.8 Å². The predicted octanol–water partition coefficient (Wildman–Crippen LogP) is 1.58. The highest BCUT2D eigenvalue weighted by molar-refractivity contribution is 5.25. The van der Waals surface area contributed by atoms with Gasteiger partial charge >= 0.3 is 0 Å². The molecule has 2 heteroatoms. The highest BCUT2D eigenvalue weighted by Crippen LogP contribution is 2.34. The van der Waals surface area contributed by atoms with Gasteiger partial charge in [0.25, 0.3) is 0 Å². The van der Waals surface area contributed by atoms with Crippen molar-refractivity contribution in [1.29, 1.82) is 0 Å². The minimum atomic E-state index is -0.237. The van der Waals surface area contributed by atoms with Crippen LogP contribution in [0.3, 0.4) is 0 Å². The van der Waals surface area contributed by atoms with E-state index in [4.69, 9.17) is 0 Å². The van der Waals surface area contributed by atoms with Crippen molar-refractivity contribution in [3.63, 3.8) is 0 Å². The Morgan fingerprint density at radius 1 is 1.54 bits per heavy atom. The molecule has 13 heavy (non-hydrogen) atoms. The zero-order chi connectivity index (χ0) is 9.10. The van der Waals surface area contributed by atoms with E-state index in [0.717, 1.165) is 24.5 Å². The number of aliphatic hydroxyl groups excluding tert-OH is 1. The summed E-state index contributed by atoms with van der Waals surface area (Å²) in [7, 11) is 0. The van der Waals surface area contributed by atoms with E-state index in [-0.39, 0.29) is 6.10 Å². The summed E-state index contributed by atoms with van der Waals surface area (Å²) in [6, 6.07) is 0. The lowest BCUT2D eigenvalue weighted by molar-refractivity contribution is 0.198. The van der Waals surface area contributed by atoms with Crippen molar-refractivity contribution in [3.05, 3.63) is 23.9 Å². The zero-order valence-electron chi connectivity index (χ0n) is 7.87. The van der Waals surface area contributed by atoms with Gasteiger partial charge in [-0.3, -0.25) is 0 Å². The molecule has 0 radical (unpaired) electrons. The van der Waals surface area contributed by atoms with Crippen LogP contribution in [0.1, 0.15) is 25.7 Å². The van der Waals surface area contributed by atoms with Gasteiger partial charge in [-0.2, -0.15) is 0 Å². The van der Waals surface area contributed by atoms with Crippen LogP contribution < -0.4 is 5.32 Å². The van der Waals surface area contributed by atoms with Crippen LogP contribution in [-0.4, -0.2) is 17.8 Å². The topological polar surface area (TPSA) is 32.3 Å². The minimum absolute atomic E-state index is 0.237. The van der Waals surface area contributed by atoms with Crippen LogP contribution in [0.25, 0.3) is 0 Å². The fourth-order valence-electron chi connectivity index (χ4n) is 1.68. The van der Waals surface area contributed by atoms with Gasteiger partial charge in [0, 0.05) is 6.54 Å². The first kappa shape index (κ1) is 8.82. The van der Waals surface area contributed by atoms with E-state index in [1.165, 1.54) is 19.3 Å². The van der Waals surface area contributed by atoms with E-state index in [2.05, 4.69) is 11.4 Å². The van der Waals surface area contributed by atoms with Gasteiger partial charge in [-0.1, -0.05) is 18.9 Å². The number of hydrogen-bond donors (Lipinski definition) is 2. The van der Waals surface area contributed by atoms with E-state index in [9.17, 15) is 5.11 Å². The molecule has 2 nitrogen and oxygen atoms in total. The smallest absolute Gasteiger partial charge is 0.0788 e. The molecule has 0 aromatic carbocycles. The molecule has 1 atom stereocenters. The van der Waals surface area contributed by atoms with Crippen LogP contribution in [0.5, 0.6) is 0 Å². The fourth-order valence-corrected chi connectivity index (χ4v) is 1.68. The molecule has 0 saturated heterocycles. The Bertz CT molecular complexity index is 228. The SMILES string of the molecule is OC(CCC1CC1)C1=CCNC=C1. The summed E-state index contributed by atoms with van der Waals surface area (Å²) in [4.78, 5) is 0. The van der Waals surface area contributed by atoms with Crippen LogP contribution in [0.4, 0.5) is 0 Å². The Balaban J connectivity index is 1.77. The summed E-state index contributed by atoms with van der Waals surface area (Å²) in [6.45, 7) is 0.853. The molecule has 0 bridgehead atoms. The summed E-state index contributed by atoms with van der Waals surface area (Å²) in [5.41, 5.74) is 1.08. The maximum absolute atomic E-state index is 9.80. The summed E-state index contributed by atoms with van der Waals surface area (Å²) >= 11 is 0. The molecule has 1 aliphatic carbocycles. The highest BCUT2D eigenvalue weighted by Gasteiger charge is 2.22. The molecular weight excluding hydrogens is 162 g/mol. The molecule has 1 saturated carbocycles. The average molecular weight is 179 g/mol. The molecular formula is C11H17NO. The maximum atomic E-state index is 9.80. The number of hydrogen-bond acceptors (Lipinski definition) is 2. The molecule has 0 amide bonds. The molecule has 1 heterocycles. The second kappa shape index (κ2) is 3.97. The van der Waals surface area contributed by atoms with Gasteiger partial charge in [-0.25, -0.2) is 0 Å². The minimum Gasteiger partial charge on any atom is -0.388 e. The molecule has 1 fully saturated rings. The molecule has 0 aromatic rings. The molecule has 1 aliphatic heterocycles. The Labute approximate surface area is 79.3 Å². The first-order chi connectivity index (χ1) is 6.36. The lowest BCUT2D eigenvalue weighted by atomic mass is 10.0. The number of dihydropyridines is 1. The van der Waals surface area contributed by atoms with Crippen molar-refractivity contribution in [2.75, 3.05) is 6.54 Å². The average Bonchev–Trinajstić information content (AvgIpc) is 2.99. The van der Waals surface area contributed by atoms with Crippen molar-refractivity contribution >= 4 is 0 Å². The van der Waals surface area contributed by atoms with Crippen LogP contribution >= 0.6 is 0 Å². The third kappa shape index (κ3) is 2.59. The van der Waals surface area contributed by atoms with Crippen LogP contribution in [0.2, 0.25) is 0 Å². The van der Waals surface area contributed by atoms with Crippen molar-refractivity contribution < 1.29 is 5.11 Å². The third-order valence-electron chi connectivity index (χ3n) is 2.78. The van der Waals surface area contributed by atoms with E-state index in [1.807, 2.05) is 12.3 Å². The summed E-state index contributed by atoms with van der Waals surface area (Å²) in [6.07, 6.45) is 10.6. The third-order valence-corrected chi connectivity index (χ3v) is 2.78. The van der Waals surface area contributed by atoms with E-state index < -0.39 is 0 Å². The van der Waals surface area contributed by atoms with Crippen molar-refractivity contribution in [1.82, 2.24) is 5.32 Å². The monoisotopic (exact) mass is 179 g/mol. The standard InChI is InChI=1S/C11H17NO/c13-11(4-3-9-1-2-9)10-5-7-12-8-6-10/h5-7,9,11-13H,1-4,8H2. The highest BCUT2D eigenvalue weighted by atomic mass is 16.3. The molecule has 2 aliphatic rings. The van der Waals surface area contributed by atoms with Gasteiger partial charge in [0.2, 0.25) is 0 Å². The second-order valence-electron chi connectivity index (χ2n) is 3.98. The predicted molar refractivity (Wildman–Crippen MR) is 53.2 cm³/mol. The molecule has 0 aromatic heterocycles. The molecule has 2 rings (SSSR count). The van der Waals surface area contributed by atoms with Crippen molar-refractivity contribution in [3.8, 4) is 0 Å². The summed E-state index contributed by atoms with van der Waals surface area (Å²) in [5, 5.41) is 12.9. The van der Waals surface area contributed by atoms with E-state index in [1.54, 1.807) is 0 Å². The Morgan fingerprint density at radius 3 is 3.00 bits per heavy atom.